The van der Waals surface area contributed by atoms with E-state index in [-0.39, 0.29) is 0 Å². The molecule has 0 atom stereocenters. The zero-order valence-corrected chi connectivity index (χ0v) is 28.3. The van der Waals surface area contributed by atoms with E-state index in [1.165, 1.54) is 31.3 Å². The Balaban J connectivity index is 1.07. The highest BCUT2D eigenvalue weighted by molar-refractivity contribution is 7.25. The van der Waals surface area contributed by atoms with E-state index in [0.29, 0.717) is 5.89 Å². The molecule has 0 saturated carbocycles. The van der Waals surface area contributed by atoms with Crippen molar-refractivity contribution < 1.29 is 4.42 Å². The highest BCUT2D eigenvalue weighted by atomic mass is 32.1. The summed E-state index contributed by atoms with van der Waals surface area (Å²) in [4.78, 5) is 7.30. The van der Waals surface area contributed by atoms with E-state index in [1.807, 2.05) is 47.7 Å². The first-order chi connectivity index (χ1) is 25.3. The quantitative estimate of drug-likeness (QED) is 0.176. The molecule has 0 N–H and O–H groups in total. The van der Waals surface area contributed by atoms with Gasteiger partial charge in [0.05, 0.1) is 0 Å². The van der Waals surface area contributed by atoms with Crippen LogP contribution in [0.1, 0.15) is 0 Å². The Labute approximate surface area is 299 Å². The first kappa shape index (κ1) is 29.4. The third-order valence-electron chi connectivity index (χ3n) is 9.72. The highest BCUT2D eigenvalue weighted by Gasteiger charge is 2.17. The minimum absolute atomic E-state index is 0.637. The van der Waals surface area contributed by atoms with Crippen LogP contribution in [-0.2, 0) is 0 Å². The van der Waals surface area contributed by atoms with Crippen LogP contribution in [0.2, 0.25) is 0 Å². The summed E-state index contributed by atoms with van der Waals surface area (Å²) in [6, 6.07) is 64.6. The van der Waals surface area contributed by atoms with Crippen LogP contribution in [0.25, 0.3) is 75.8 Å². The number of benzene rings is 8. The number of fused-ring (bicyclic) bond motifs is 6. The summed E-state index contributed by atoms with van der Waals surface area (Å²) in [5, 5.41) is 4.80. The van der Waals surface area contributed by atoms with Crippen molar-refractivity contribution in [1.29, 1.82) is 0 Å². The van der Waals surface area contributed by atoms with Gasteiger partial charge in [0.2, 0.25) is 5.89 Å². The first-order valence-electron chi connectivity index (χ1n) is 17.1. The lowest BCUT2D eigenvalue weighted by Gasteiger charge is -2.26. The number of hydrogen-bond donors (Lipinski definition) is 0. The van der Waals surface area contributed by atoms with Crippen LogP contribution in [0, 0.1) is 0 Å². The molecule has 2 heterocycles. The normalized spacial score (nSPS) is 11.5. The van der Waals surface area contributed by atoms with Crippen molar-refractivity contribution in [3.8, 4) is 33.7 Å². The van der Waals surface area contributed by atoms with Crippen molar-refractivity contribution in [3.05, 3.63) is 182 Å². The fraction of sp³-hybridized carbons (Fsp3) is 0. The lowest BCUT2D eigenvalue weighted by atomic mass is 9.97. The molecule has 0 aliphatic carbocycles. The average molecular weight is 671 g/mol. The minimum atomic E-state index is 0.637. The smallest absolute Gasteiger partial charge is 0.227 e. The molecule has 10 aromatic rings. The van der Waals surface area contributed by atoms with Crippen LogP contribution >= 0.6 is 11.3 Å². The van der Waals surface area contributed by atoms with E-state index < -0.39 is 0 Å². The molecule has 0 amide bonds. The average Bonchev–Trinajstić information content (AvgIpc) is 3.81. The Morgan fingerprint density at radius 1 is 0.412 bits per heavy atom. The lowest BCUT2D eigenvalue weighted by molar-refractivity contribution is 0.620. The number of thiophene rings is 1. The lowest BCUT2D eigenvalue weighted by Crippen LogP contribution is -2.09. The Morgan fingerprint density at radius 3 is 1.78 bits per heavy atom. The van der Waals surface area contributed by atoms with Gasteiger partial charge in [-0.1, -0.05) is 109 Å². The summed E-state index contributed by atoms with van der Waals surface area (Å²) in [6.07, 6.45) is 0. The summed E-state index contributed by atoms with van der Waals surface area (Å²) in [6.45, 7) is 0. The molecule has 240 valence electrons. The van der Waals surface area contributed by atoms with Gasteiger partial charge in [-0.2, -0.15) is 0 Å². The predicted octanol–water partition coefficient (Wildman–Crippen LogP) is 13.8. The molecule has 0 unspecified atom stereocenters. The van der Waals surface area contributed by atoms with E-state index in [4.69, 9.17) is 9.40 Å². The molecule has 0 spiro atoms. The SMILES string of the molecule is c1ccc(-c2ccc(N(c3ccc(-c4cccc5c4ccc4oc(-c6ccccc6)nc45)cc3)c3ccc4sc5ccccc5c4c3)cc2)cc1. The van der Waals surface area contributed by atoms with Gasteiger partial charge in [-0.15, -0.1) is 11.3 Å². The van der Waals surface area contributed by atoms with Crippen LogP contribution in [-0.4, -0.2) is 4.98 Å². The zero-order chi connectivity index (χ0) is 33.7. The van der Waals surface area contributed by atoms with E-state index in [1.54, 1.807) is 0 Å². The monoisotopic (exact) mass is 670 g/mol. The van der Waals surface area contributed by atoms with E-state index >= 15 is 0 Å². The molecular formula is C47H30N2OS. The fourth-order valence-electron chi connectivity index (χ4n) is 7.23. The van der Waals surface area contributed by atoms with Crippen molar-refractivity contribution in [2.24, 2.45) is 0 Å². The van der Waals surface area contributed by atoms with Gasteiger partial charge in [0, 0.05) is 48.2 Å². The minimum Gasteiger partial charge on any atom is -0.436 e. The van der Waals surface area contributed by atoms with Crippen LogP contribution in [0.15, 0.2) is 186 Å². The van der Waals surface area contributed by atoms with Gasteiger partial charge < -0.3 is 9.32 Å². The van der Waals surface area contributed by atoms with Gasteiger partial charge in [0.1, 0.15) is 5.52 Å². The largest absolute Gasteiger partial charge is 0.436 e. The molecule has 8 aromatic carbocycles. The van der Waals surface area contributed by atoms with Gasteiger partial charge in [-0.05, 0) is 100 Å². The Bertz CT molecular complexity index is 2840. The van der Waals surface area contributed by atoms with Crippen LogP contribution in [0.4, 0.5) is 17.1 Å². The molecular weight excluding hydrogens is 641 g/mol. The number of rotatable bonds is 6. The summed E-state index contributed by atoms with van der Waals surface area (Å²) in [5.74, 6) is 0.637. The molecule has 0 fully saturated rings. The standard InChI is InChI=1S/C47H30N2OS/c1-3-10-31(11-4-1)32-18-22-35(23-19-32)49(37-26-29-45-42(30-37)40-14-7-8-17-44(40)51-45)36-24-20-33(21-25-36)38-15-9-16-41-39(38)27-28-43-46(41)48-47(50-43)34-12-5-2-6-13-34/h1-30H. The van der Waals surface area contributed by atoms with E-state index in [0.717, 1.165) is 55.6 Å². The van der Waals surface area contributed by atoms with Gasteiger partial charge in [0.15, 0.2) is 5.58 Å². The van der Waals surface area contributed by atoms with Crippen LogP contribution in [0.3, 0.4) is 0 Å². The van der Waals surface area contributed by atoms with Crippen molar-refractivity contribution in [1.82, 2.24) is 4.98 Å². The predicted molar refractivity (Wildman–Crippen MR) is 215 cm³/mol. The molecule has 0 aliphatic heterocycles. The van der Waals surface area contributed by atoms with Crippen molar-refractivity contribution in [2.45, 2.75) is 0 Å². The number of aromatic nitrogens is 1. The number of nitrogens with zero attached hydrogens (tertiary/aromatic N) is 2. The molecule has 0 bridgehead atoms. The first-order valence-corrected chi connectivity index (χ1v) is 17.9. The zero-order valence-electron chi connectivity index (χ0n) is 27.5. The third kappa shape index (κ3) is 5.16. The Kier molecular flexibility index (Phi) is 7.00. The van der Waals surface area contributed by atoms with Gasteiger partial charge >= 0.3 is 0 Å². The van der Waals surface area contributed by atoms with Gasteiger partial charge in [-0.3, -0.25) is 0 Å². The maximum atomic E-state index is 6.20. The molecule has 51 heavy (non-hydrogen) atoms. The second-order valence-electron chi connectivity index (χ2n) is 12.8. The number of oxazole rings is 1. The van der Waals surface area contributed by atoms with Gasteiger partial charge in [-0.25, -0.2) is 4.98 Å². The molecule has 0 radical (unpaired) electrons. The molecule has 3 nitrogen and oxygen atoms in total. The highest BCUT2D eigenvalue weighted by Crippen LogP contribution is 2.42. The van der Waals surface area contributed by atoms with Crippen molar-refractivity contribution in [3.63, 3.8) is 0 Å². The topological polar surface area (TPSA) is 29.3 Å². The van der Waals surface area contributed by atoms with Crippen LogP contribution < -0.4 is 4.90 Å². The van der Waals surface area contributed by atoms with E-state index in [9.17, 15) is 0 Å². The second kappa shape index (κ2) is 12.1. The summed E-state index contributed by atoms with van der Waals surface area (Å²) in [5.41, 5.74) is 10.7. The molecule has 10 rings (SSSR count). The maximum Gasteiger partial charge on any atom is 0.227 e. The maximum absolute atomic E-state index is 6.20. The van der Waals surface area contributed by atoms with Crippen LogP contribution in [0.5, 0.6) is 0 Å². The van der Waals surface area contributed by atoms with Crippen molar-refractivity contribution in [2.75, 3.05) is 4.90 Å². The number of hydrogen-bond acceptors (Lipinski definition) is 4. The molecule has 2 aromatic heterocycles. The molecule has 0 saturated heterocycles. The molecule has 0 aliphatic rings. The Hall–Kier alpha value is -6.49. The summed E-state index contributed by atoms with van der Waals surface area (Å²) in [7, 11) is 0. The fourth-order valence-corrected chi connectivity index (χ4v) is 8.31. The van der Waals surface area contributed by atoms with Gasteiger partial charge in [0.25, 0.3) is 0 Å². The Morgan fingerprint density at radius 2 is 1.02 bits per heavy atom. The summed E-state index contributed by atoms with van der Waals surface area (Å²) >= 11 is 1.85. The van der Waals surface area contributed by atoms with Crippen molar-refractivity contribution >= 4 is 70.4 Å². The van der Waals surface area contributed by atoms with E-state index in [2.05, 4.69) is 150 Å². The second-order valence-corrected chi connectivity index (χ2v) is 13.9. The third-order valence-corrected chi connectivity index (χ3v) is 10.9. The number of anilines is 3. The summed E-state index contributed by atoms with van der Waals surface area (Å²) < 4.78 is 8.80. The molecule has 4 heteroatoms.